The first kappa shape index (κ1) is 15.8. The minimum Gasteiger partial charge on any atom is -0.385 e. The Balaban J connectivity index is 1.75. The highest BCUT2D eigenvalue weighted by molar-refractivity contribution is 5.91. The molecule has 5 nitrogen and oxygen atoms in total. The summed E-state index contributed by atoms with van der Waals surface area (Å²) < 4.78 is 4.79. The lowest BCUT2D eigenvalue weighted by Gasteiger charge is -2.29. The normalized spacial score (nSPS) is 16.7. The van der Waals surface area contributed by atoms with Crippen molar-refractivity contribution in [1.29, 1.82) is 0 Å². The van der Waals surface area contributed by atoms with Gasteiger partial charge in [0.2, 0.25) is 5.91 Å². The number of nitrogens with one attached hydrogen (secondary N) is 2. The van der Waals surface area contributed by atoms with Gasteiger partial charge in [0.05, 0.1) is 0 Å². The first-order valence-corrected chi connectivity index (χ1v) is 7.48. The van der Waals surface area contributed by atoms with Crippen LogP contribution in [0, 0.1) is 5.92 Å². The number of ether oxygens (including phenoxy) is 1. The van der Waals surface area contributed by atoms with Crippen molar-refractivity contribution in [2.75, 3.05) is 51.0 Å². The Hall–Kier alpha value is -1.59. The molecule has 1 aromatic carbocycles. The Bertz CT molecular complexity index is 439. The summed E-state index contributed by atoms with van der Waals surface area (Å²) >= 11 is 0. The molecule has 1 aliphatic rings. The van der Waals surface area contributed by atoms with Crippen LogP contribution >= 0.6 is 0 Å². The Morgan fingerprint density at radius 1 is 1.24 bits per heavy atom. The fourth-order valence-electron chi connectivity index (χ4n) is 2.53. The van der Waals surface area contributed by atoms with Gasteiger partial charge in [0.1, 0.15) is 6.61 Å². The molecule has 1 aromatic rings. The van der Waals surface area contributed by atoms with E-state index in [9.17, 15) is 4.79 Å². The average molecular weight is 291 g/mol. The van der Waals surface area contributed by atoms with E-state index >= 15 is 0 Å². The standard InChI is InChI=1S/C16H25N3O2/c1-19-9-7-13(8-10-19)11-17-14-3-5-15(6-4-14)18-16(20)12-21-2/h3-6,13,17H,7-12H2,1-2H3,(H,18,20). The number of carbonyl (C=O) groups excluding carboxylic acids is 1. The lowest BCUT2D eigenvalue weighted by Crippen LogP contribution is -2.32. The van der Waals surface area contributed by atoms with Gasteiger partial charge < -0.3 is 20.3 Å². The molecule has 0 bridgehead atoms. The fourth-order valence-corrected chi connectivity index (χ4v) is 2.53. The molecule has 116 valence electrons. The molecule has 0 radical (unpaired) electrons. The van der Waals surface area contributed by atoms with E-state index in [4.69, 9.17) is 4.74 Å². The van der Waals surface area contributed by atoms with Crippen LogP contribution in [0.25, 0.3) is 0 Å². The number of rotatable bonds is 6. The highest BCUT2D eigenvalue weighted by Crippen LogP contribution is 2.18. The van der Waals surface area contributed by atoms with E-state index in [1.165, 1.54) is 33.0 Å². The zero-order valence-corrected chi connectivity index (χ0v) is 12.9. The van der Waals surface area contributed by atoms with Crippen molar-refractivity contribution in [2.45, 2.75) is 12.8 Å². The number of amides is 1. The minimum absolute atomic E-state index is 0.0795. The van der Waals surface area contributed by atoms with E-state index in [-0.39, 0.29) is 12.5 Å². The smallest absolute Gasteiger partial charge is 0.250 e. The third-order valence-electron chi connectivity index (χ3n) is 3.88. The third kappa shape index (κ3) is 5.36. The Morgan fingerprint density at radius 2 is 1.86 bits per heavy atom. The number of nitrogens with zero attached hydrogens (tertiary/aromatic N) is 1. The van der Waals surface area contributed by atoms with Gasteiger partial charge in [0.25, 0.3) is 0 Å². The SMILES string of the molecule is COCC(=O)Nc1ccc(NCC2CCN(C)CC2)cc1. The van der Waals surface area contributed by atoms with Crippen LogP contribution in [0.3, 0.4) is 0 Å². The molecule has 1 fully saturated rings. The number of anilines is 2. The molecule has 5 heteroatoms. The van der Waals surface area contributed by atoms with Gasteiger partial charge in [0, 0.05) is 25.0 Å². The van der Waals surface area contributed by atoms with Crippen LogP contribution in [-0.4, -0.2) is 51.2 Å². The van der Waals surface area contributed by atoms with Crippen molar-refractivity contribution in [2.24, 2.45) is 5.92 Å². The summed E-state index contributed by atoms with van der Waals surface area (Å²) in [5.41, 5.74) is 1.89. The molecule has 0 aliphatic carbocycles. The molecule has 1 amide bonds. The van der Waals surface area contributed by atoms with E-state index in [1.54, 1.807) is 0 Å². The predicted octanol–water partition coefficient (Wildman–Crippen LogP) is 2.03. The highest BCUT2D eigenvalue weighted by atomic mass is 16.5. The van der Waals surface area contributed by atoms with Crippen LogP contribution in [0.4, 0.5) is 11.4 Å². The Labute approximate surface area is 126 Å². The third-order valence-corrected chi connectivity index (χ3v) is 3.88. The zero-order chi connectivity index (χ0) is 15.1. The minimum atomic E-state index is -0.135. The van der Waals surface area contributed by atoms with Crippen molar-refractivity contribution in [3.8, 4) is 0 Å². The molecule has 0 unspecified atom stereocenters. The van der Waals surface area contributed by atoms with Crippen molar-refractivity contribution < 1.29 is 9.53 Å². The summed E-state index contributed by atoms with van der Waals surface area (Å²) in [6, 6.07) is 7.81. The summed E-state index contributed by atoms with van der Waals surface area (Å²) in [6.45, 7) is 3.48. The van der Waals surface area contributed by atoms with E-state index in [1.807, 2.05) is 24.3 Å². The predicted molar refractivity (Wildman–Crippen MR) is 85.7 cm³/mol. The first-order chi connectivity index (χ1) is 10.2. The van der Waals surface area contributed by atoms with Crippen molar-refractivity contribution in [3.63, 3.8) is 0 Å². The molecule has 0 spiro atoms. The molecule has 2 N–H and O–H groups in total. The van der Waals surface area contributed by atoms with Crippen LogP contribution in [-0.2, 0) is 9.53 Å². The van der Waals surface area contributed by atoms with Gasteiger partial charge >= 0.3 is 0 Å². The van der Waals surface area contributed by atoms with Gasteiger partial charge in [-0.15, -0.1) is 0 Å². The van der Waals surface area contributed by atoms with Gasteiger partial charge in [-0.05, 0) is 63.2 Å². The van der Waals surface area contributed by atoms with Crippen molar-refractivity contribution >= 4 is 17.3 Å². The fraction of sp³-hybridized carbons (Fsp3) is 0.562. The van der Waals surface area contributed by atoms with E-state index in [0.717, 1.165) is 23.8 Å². The molecule has 1 heterocycles. The van der Waals surface area contributed by atoms with Crippen molar-refractivity contribution in [3.05, 3.63) is 24.3 Å². The van der Waals surface area contributed by atoms with Gasteiger partial charge in [-0.1, -0.05) is 0 Å². The lowest BCUT2D eigenvalue weighted by molar-refractivity contribution is -0.119. The number of hydrogen-bond acceptors (Lipinski definition) is 4. The molecule has 21 heavy (non-hydrogen) atoms. The van der Waals surface area contributed by atoms with Crippen LogP contribution in [0.1, 0.15) is 12.8 Å². The molecule has 0 saturated carbocycles. The van der Waals surface area contributed by atoms with Crippen LogP contribution in [0.15, 0.2) is 24.3 Å². The Kier molecular flexibility index (Phi) is 6.02. The van der Waals surface area contributed by atoms with Gasteiger partial charge in [-0.3, -0.25) is 4.79 Å². The summed E-state index contributed by atoms with van der Waals surface area (Å²) in [7, 11) is 3.69. The average Bonchev–Trinajstić information content (AvgIpc) is 2.48. The number of carbonyl (C=O) groups is 1. The largest absolute Gasteiger partial charge is 0.385 e. The second-order valence-electron chi connectivity index (χ2n) is 5.69. The quantitative estimate of drug-likeness (QED) is 0.842. The molecule has 1 saturated heterocycles. The monoisotopic (exact) mass is 291 g/mol. The zero-order valence-electron chi connectivity index (χ0n) is 12.9. The molecule has 0 aromatic heterocycles. The van der Waals surface area contributed by atoms with Crippen LogP contribution in [0.5, 0.6) is 0 Å². The van der Waals surface area contributed by atoms with Gasteiger partial charge in [-0.25, -0.2) is 0 Å². The van der Waals surface area contributed by atoms with Gasteiger partial charge in [-0.2, -0.15) is 0 Å². The van der Waals surface area contributed by atoms with Gasteiger partial charge in [0.15, 0.2) is 0 Å². The van der Waals surface area contributed by atoms with E-state index in [0.29, 0.717) is 0 Å². The molecular weight excluding hydrogens is 266 g/mol. The van der Waals surface area contributed by atoms with Crippen LogP contribution in [0.2, 0.25) is 0 Å². The molecule has 2 rings (SSSR count). The number of likely N-dealkylation sites (tertiary alicyclic amines) is 1. The summed E-state index contributed by atoms with van der Waals surface area (Å²) in [5, 5.41) is 6.26. The van der Waals surface area contributed by atoms with Crippen molar-refractivity contribution in [1.82, 2.24) is 4.90 Å². The summed E-state index contributed by atoms with van der Waals surface area (Å²) in [4.78, 5) is 13.8. The summed E-state index contributed by atoms with van der Waals surface area (Å²) in [6.07, 6.45) is 2.52. The number of hydrogen-bond donors (Lipinski definition) is 2. The Morgan fingerprint density at radius 3 is 2.48 bits per heavy atom. The topological polar surface area (TPSA) is 53.6 Å². The van der Waals surface area contributed by atoms with E-state index < -0.39 is 0 Å². The molecule has 1 aliphatic heterocycles. The second kappa shape index (κ2) is 8.00. The molecule has 0 atom stereocenters. The first-order valence-electron chi connectivity index (χ1n) is 7.48. The maximum absolute atomic E-state index is 11.4. The molecular formula is C16H25N3O2. The highest BCUT2D eigenvalue weighted by Gasteiger charge is 2.16. The number of methoxy groups -OCH3 is 1. The maximum atomic E-state index is 11.4. The van der Waals surface area contributed by atoms with E-state index in [2.05, 4.69) is 22.6 Å². The summed E-state index contributed by atoms with van der Waals surface area (Å²) in [5.74, 6) is 0.617. The lowest BCUT2D eigenvalue weighted by atomic mass is 9.97. The maximum Gasteiger partial charge on any atom is 0.250 e. The number of benzene rings is 1. The number of piperidine rings is 1. The second-order valence-corrected chi connectivity index (χ2v) is 5.69. The van der Waals surface area contributed by atoms with Crippen LogP contribution < -0.4 is 10.6 Å².